The molecule has 0 aliphatic heterocycles. The zero-order valence-electron chi connectivity index (χ0n) is 19.2. The highest BCUT2D eigenvalue weighted by molar-refractivity contribution is 5.94. The summed E-state index contributed by atoms with van der Waals surface area (Å²) in [4.78, 5) is 41.5. The number of carboxylic acid groups (broad SMARTS) is 1. The predicted molar refractivity (Wildman–Crippen MR) is 130 cm³/mol. The Morgan fingerprint density at radius 3 is 2.71 bits per heavy atom. The van der Waals surface area contributed by atoms with Crippen molar-refractivity contribution >= 4 is 40.4 Å². The van der Waals surface area contributed by atoms with Crippen molar-refractivity contribution in [1.82, 2.24) is 19.9 Å². The number of rotatable bonds is 8. The number of amides is 1. The molecule has 0 bridgehead atoms. The first-order chi connectivity index (χ1) is 16.3. The molecule has 0 radical (unpaired) electrons. The normalized spacial score (nSPS) is 11.9. The number of hydrogen-bond donors (Lipinski definition) is 3. The van der Waals surface area contributed by atoms with Crippen molar-refractivity contribution in [3.63, 3.8) is 0 Å². The Balaban J connectivity index is 1.44. The number of anilines is 3. The minimum Gasteiger partial charge on any atom is -0.481 e. The Hall–Kier alpha value is -4.27. The van der Waals surface area contributed by atoms with Crippen molar-refractivity contribution in [3.05, 3.63) is 71.7 Å². The lowest BCUT2D eigenvalue weighted by Crippen LogP contribution is -2.28. The SMILES string of the molecule is Cc1cnccc1Nc1nc2ccc(CC(=O)N(C)c3ccc(C(C)CC(=O)O)cn3)cc2[nH]1. The van der Waals surface area contributed by atoms with Gasteiger partial charge in [0.15, 0.2) is 0 Å². The molecule has 0 aliphatic carbocycles. The molecule has 3 heterocycles. The van der Waals surface area contributed by atoms with E-state index >= 15 is 0 Å². The topological polar surface area (TPSA) is 124 Å². The van der Waals surface area contributed by atoms with E-state index in [4.69, 9.17) is 5.11 Å². The summed E-state index contributed by atoms with van der Waals surface area (Å²) >= 11 is 0. The number of aromatic amines is 1. The van der Waals surface area contributed by atoms with Gasteiger partial charge in [-0.1, -0.05) is 19.1 Å². The minimum atomic E-state index is -0.853. The van der Waals surface area contributed by atoms with E-state index in [2.05, 4.69) is 25.3 Å². The van der Waals surface area contributed by atoms with Crippen molar-refractivity contribution in [2.24, 2.45) is 0 Å². The molecule has 9 heteroatoms. The van der Waals surface area contributed by atoms with Gasteiger partial charge in [0.05, 0.1) is 23.9 Å². The maximum Gasteiger partial charge on any atom is 0.303 e. The largest absolute Gasteiger partial charge is 0.481 e. The first-order valence-corrected chi connectivity index (χ1v) is 10.9. The first kappa shape index (κ1) is 22.9. The van der Waals surface area contributed by atoms with Gasteiger partial charge in [-0.2, -0.15) is 0 Å². The fourth-order valence-corrected chi connectivity index (χ4v) is 3.66. The zero-order valence-corrected chi connectivity index (χ0v) is 19.2. The van der Waals surface area contributed by atoms with Crippen molar-refractivity contribution in [1.29, 1.82) is 0 Å². The van der Waals surface area contributed by atoms with E-state index in [1.54, 1.807) is 31.7 Å². The molecule has 1 amide bonds. The van der Waals surface area contributed by atoms with Gasteiger partial charge in [0.1, 0.15) is 5.82 Å². The van der Waals surface area contributed by atoms with Crippen LogP contribution in [0.1, 0.15) is 36.0 Å². The molecular formula is C25H26N6O3. The van der Waals surface area contributed by atoms with E-state index in [1.807, 2.05) is 44.2 Å². The van der Waals surface area contributed by atoms with Crippen LogP contribution >= 0.6 is 0 Å². The van der Waals surface area contributed by atoms with Crippen LogP contribution in [-0.2, 0) is 16.0 Å². The number of aryl methyl sites for hydroxylation is 1. The van der Waals surface area contributed by atoms with E-state index in [0.717, 1.165) is 33.4 Å². The number of aromatic nitrogens is 4. The lowest BCUT2D eigenvalue weighted by molar-refractivity contribution is -0.137. The monoisotopic (exact) mass is 458 g/mol. The Labute approximate surface area is 196 Å². The number of nitrogens with one attached hydrogen (secondary N) is 2. The van der Waals surface area contributed by atoms with Gasteiger partial charge in [0.2, 0.25) is 11.9 Å². The number of pyridine rings is 2. The van der Waals surface area contributed by atoms with Crippen LogP contribution in [0.2, 0.25) is 0 Å². The summed E-state index contributed by atoms with van der Waals surface area (Å²) in [7, 11) is 1.68. The molecule has 3 N–H and O–H groups in total. The number of carboxylic acids is 1. The molecule has 1 atom stereocenters. The number of H-pyrrole nitrogens is 1. The Morgan fingerprint density at radius 2 is 2.00 bits per heavy atom. The summed E-state index contributed by atoms with van der Waals surface area (Å²) in [6, 6.07) is 11.1. The highest BCUT2D eigenvalue weighted by Crippen LogP contribution is 2.23. The van der Waals surface area contributed by atoms with Gasteiger partial charge in [-0.3, -0.25) is 19.5 Å². The molecule has 0 aliphatic rings. The molecular weight excluding hydrogens is 432 g/mol. The second-order valence-corrected chi connectivity index (χ2v) is 8.33. The lowest BCUT2D eigenvalue weighted by atomic mass is 10.00. The number of fused-ring (bicyclic) bond motifs is 1. The molecule has 0 saturated carbocycles. The van der Waals surface area contributed by atoms with Crippen LogP contribution in [0.25, 0.3) is 11.0 Å². The van der Waals surface area contributed by atoms with Crippen molar-refractivity contribution in [3.8, 4) is 0 Å². The third-order valence-electron chi connectivity index (χ3n) is 5.71. The van der Waals surface area contributed by atoms with Gasteiger partial charge in [-0.25, -0.2) is 9.97 Å². The number of imidazole rings is 1. The van der Waals surface area contributed by atoms with Crippen LogP contribution in [0, 0.1) is 6.92 Å². The van der Waals surface area contributed by atoms with Crippen molar-refractivity contribution < 1.29 is 14.7 Å². The standard InChI is InChI=1S/C25H26N6O3/c1-15(10-24(33)34)18-5-7-22(27-14-18)31(3)23(32)12-17-4-6-20-21(11-17)30-25(29-20)28-19-8-9-26-13-16(19)2/h4-9,11,13-15H,10,12H2,1-3H3,(H,33,34)(H2,26,28,29,30). The van der Waals surface area contributed by atoms with E-state index < -0.39 is 5.97 Å². The minimum absolute atomic E-state index is 0.0330. The molecule has 174 valence electrons. The van der Waals surface area contributed by atoms with Crippen LogP contribution < -0.4 is 10.2 Å². The summed E-state index contributed by atoms with van der Waals surface area (Å²) in [5.41, 5.74) is 5.23. The van der Waals surface area contributed by atoms with Crippen LogP contribution in [0.4, 0.5) is 17.5 Å². The second kappa shape index (κ2) is 9.70. The fraction of sp³-hybridized carbons (Fsp3) is 0.240. The Bertz CT molecular complexity index is 1330. The number of carbonyl (C=O) groups is 2. The molecule has 0 fully saturated rings. The van der Waals surface area contributed by atoms with Gasteiger partial charge < -0.3 is 15.4 Å². The molecule has 4 rings (SSSR count). The zero-order chi connectivity index (χ0) is 24.2. The quantitative estimate of drug-likeness (QED) is 0.362. The third kappa shape index (κ3) is 5.20. The summed E-state index contributed by atoms with van der Waals surface area (Å²) in [5, 5.41) is 12.2. The maximum atomic E-state index is 12.9. The molecule has 4 aromatic rings. The predicted octanol–water partition coefficient (Wildman–Crippen LogP) is 4.19. The number of aliphatic carboxylic acids is 1. The molecule has 1 aromatic carbocycles. The highest BCUT2D eigenvalue weighted by atomic mass is 16.4. The molecule has 0 spiro atoms. The summed E-state index contributed by atoms with van der Waals surface area (Å²) < 4.78 is 0. The molecule has 1 unspecified atom stereocenters. The van der Waals surface area contributed by atoms with Crippen LogP contribution in [-0.4, -0.2) is 44.0 Å². The van der Waals surface area contributed by atoms with E-state index in [-0.39, 0.29) is 24.7 Å². The molecule has 9 nitrogen and oxygen atoms in total. The van der Waals surface area contributed by atoms with Gasteiger partial charge in [-0.05, 0) is 53.8 Å². The van der Waals surface area contributed by atoms with Crippen LogP contribution in [0.3, 0.4) is 0 Å². The summed E-state index contributed by atoms with van der Waals surface area (Å²) in [6.07, 6.45) is 5.37. The Morgan fingerprint density at radius 1 is 1.18 bits per heavy atom. The second-order valence-electron chi connectivity index (χ2n) is 8.33. The number of benzene rings is 1. The fourth-order valence-electron chi connectivity index (χ4n) is 3.66. The highest BCUT2D eigenvalue weighted by Gasteiger charge is 2.16. The van der Waals surface area contributed by atoms with Gasteiger partial charge in [-0.15, -0.1) is 0 Å². The Kier molecular flexibility index (Phi) is 6.53. The van der Waals surface area contributed by atoms with Gasteiger partial charge in [0.25, 0.3) is 0 Å². The van der Waals surface area contributed by atoms with Gasteiger partial charge in [0, 0.05) is 31.3 Å². The van der Waals surface area contributed by atoms with E-state index in [1.165, 1.54) is 4.90 Å². The van der Waals surface area contributed by atoms with Crippen LogP contribution in [0.15, 0.2) is 55.0 Å². The van der Waals surface area contributed by atoms with Crippen molar-refractivity contribution in [2.75, 3.05) is 17.3 Å². The number of hydrogen-bond acceptors (Lipinski definition) is 6. The average Bonchev–Trinajstić information content (AvgIpc) is 3.21. The third-order valence-corrected chi connectivity index (χ3v) is 5.71. The molecule has 0 saturated heterocycles. The molecule has 34 heavy (non-hydrogen) atoms. The maximum absolute atomic E-state index is 12.9. The number of carbonyl (C=O) groups excluding carboxylic acids is 1. The van der Waals surface area contributed by atoms with Crippen molar-refractivity contribution in [2.45, 2.75) is 32.6 Å². The number of nitrogens with zero attached hydrogens (tertiary/aromatic N) is 4. The average molecular weight is 459 g/mol. The van der Waals surface area contributed by atoms with Gasteiger partial charge >= 0.3 is 5.97 Å². The van der Waals surface area contributed by atoms with E-state index in [9.17, 15) is 9.59 Å². The lowest BCUT2D eigenvalue weighted by Gasteiger charge is -2.17. The summed E-state index contributed by atoms with van der Waals surface area (Å²) in [5.74, 6) is 0.0180. The first-order valence-electron chi connectivity index (χ1n) is 10.9. The molecule has 3 aromatic heterocycles. The number of likely N-dealkylation sites (N-methyl/N-ethyl adjacent to an activating group) is 1. The van der Waals surface area contributed by atoms with E-state index in [0.29, 0.717) is 11.8 Å². The summed E-state index contributed by atoms with van der Waals surface area (Å²) in [6.45, 7) is 3.81. The smallest absolute Gasteiger partial charge is 0.303 e. The van der Waals surface area contributed by atoms with Crippen LogP contribution in [0.5, 0.6) is 0 Å².